The van der Waals surface area contributed by atoms with E-state index in [1.807, 2.05) is 0 Å². The normalized spacial score (nSPS) is 10.1. The molecule has 2 N–H and O–H groups in total. The molecule has 20 heavy (non-hydrogen) atoms. The van der Waals surface area contributed by atoms with Crippen molar-refractivity contribution in [3.05, 3.63) is 34.4 Å². The van der Waals surface area contributed by atoms with Crippen molar-refractivity contribution in [2.75, 3.05) is 32.1 Å². The van der Waals surface area contributed by atoms with Crippen LogP contribution in [-0.2, 0) is 4.79 Å². The predicted molar refractivity (Wildman–Crippen MR) is 75.5 cm³/mol. The predicted octanol–water partition coefficient (Wildman–Crippen LogP) is 1.24. The summed E-state index contributed by atoms with van der Waals surface area (Å²) < 4.78 is 0. The second kappa shape index (κ2) is 8.11. The molecule has 110 valence electrons. The van der Waals surface area contributed by atoms with Crippen molar-refractivity contribution in [1.82, 2.24) is 4.90 Å². The van der Waals surface area contributed by atoms with E-state index in [0.29, 0.717) is 25.9 Å². The van der Waals surface area contributed by atoms with E-state index in [-0.39, 0.29) is 18.2 Å². The van der Waals surface area contributed by atoms with Crippen LogP contribution in [0.5, 0.6) is 0 Å². The van der Waals surface area contributed by atoms with Gasteiger partial charge >= 0.3 is 0 Å². The molecule has 1 aromatic carbocycles. The van der Waals surface area contributed by atoms with Gasteiger partial charge in [0.1, 0.15) is 0 Å². The minimum atomic E-state index is -0.445. The molecule has 1 rings (SSSR count). The lowest BCUT2D eigenvalue weighted by atomic mass is 10.2. The number of nitro benzene ring substituents is 1. The number of likely N-dealkylation sites (N-methyl/N-ethyl adjacent to an activating group) is 1. The first-order valence-electron chi connectivity index (χ1n) is 6.37. The summed E-state index contributed by atoms with van der Waals surface area (Å²) in [5.74, 6) is -0.00968. The fraction of sp³-hybridized carbons (Fsp3) is 0.462. The van der Waals surface area contributed by atoms with Crippen LogP contribution < -0.4 is 5.32 Å². The number of non-ortho nitro benzene ring substituents is 1. The number of aliphatic hydroxyl groups excluding tert-OH is 1. The van der Waals surface area contributed by atoms with Gasteiger partial charge in [0.15, 0.2) is 0 Å². The Morgan fingerprint density at radius 3 is 2.60 bits per heavy atom. The first-order chi connectivity index (χ1) is 9.54. The average molecular weight is 281 g/mol. The zero-order chi connectivity index (χ0) is 15.0. The van der Waals surface area contributed by atoms with E-state index in [0.717, 1.165) is 5.69 Å². The Morgan fingerprint density at radius 1 is 1.40 bits per heavy atom. The fourth-order valence-electron chi connectivity index (χ4n) is 1.64. The number of amides is 1. The second-order valence-corrected chi connectivity index (χ2v) is 4.37. The minimum absolute atomic E-state index is 0.00968. The number of rotatable bonds is 8. The number of nitrogens with one attached hydrogen (secondary N) is 1. The maximum Gasteiger partial charge on any atom is 0.269 e. The van der Waals surface area contributed by atoms with E-state index in [4.69, 9.17) is 5.11 Å². The first kappa shape index (κ1) is 15.9. The van der Waals surface area contributed by atoms with Crippen molar-refractivity contribution in [2.45, 2.75) is 12.8 Å². The molecule has 0 heterocycles. The Bertz CT molecular complexity index is 447. The lowest BCUT2D eigenvalue weighted by Gasteiger charge is -2.15. The highest BCUT2D eigenvalue weighted by Gasteiger charge is 2.07. The molecule has 7 heteroatoms. The summed E-state index contributed by atoms with van der Waals surface area (Å²) >= 11 is 0. The second-order valence-electron chi connectivity index (χ2n) is 4.37. The summed E-state index contributed by atoms with van der Waals surface area (Å²) in [4.78, 5) is 23.1. The Hall–Kier alpha value is -2.15. The van der Waals surface area contributed by atoms with Crippen LogP contribution in [0.3, 0.4) is 0 Å². The molecule has 0 atom stereocenters. The van der Waals surface area contributed by atoms with Crippen LogP contribution in [0.25, 0.3) is 0 Å². The third kappa shape index (κ3) is 5.23. The molecular formula is C13H19N3O4. The molecule has 0 aliphatic rings. The summed E-state index contributed by atoms with van der Waals surface area (Å²) in [6, 6.07) is 6.14. The topological polar surface area (TPSA) is 95.7 Å². The summed E-state index contributed by atoms with van der Waals surface area (Å²) in [6.07, 6.45) is 1.06. The molecule has 0 unspecified atom stereocenters. The number of aliphatic hydroxyl groups is 1. The molecule has 1 amide bonds. The number of carbonyl (C=O) groups excluding carboxylic acids is 1. The standard InChI is InChI=1S/C13H19N3O4/c1-15(9-10-17)13(18)3-2-8-14-11-4-6-12(7-5-11)16(19)20/h4-7,14,17H,2-3,8-10H2,1H3. The molecule has 0 saturated heterocycles. The number of hydrogen-bond acceptors (Lipinski definition) is 5. The molecule has 0 aliphatic carbocycles. The summed E-state index contributed by atoms with van der Waals surface area (Å²) in [5.41, 5.74) is 0.836. The number of anilines is 1. The number of benzene rings is 1. The molecule has 0 saturated carbocycles. The molecule has 7 nitrogen and oxygen atoms in total. The third-order valence-corrected chi connectivity index (χ3v) is 2.84. The molecule has 0 radical (unpaired) electrons. The highest BCUT2D eigenvalue weighted by Crippen LogP contribution is 2.15. The van der Waals surface area contributed by atoms with Gasteiger partial charge in [-0.1, -0.05) is 0 Å². The van der Waals surface area contributed by atoms with Gasteiger partial charge in [-0.2, -0.15) is 0 Å². The van der Waals surface area contributed by atoms with E-state index in [1.165, 1.54) is 17.0 Å². The van der Waals surface area contributed by atoms with Crippen molar-refractivity contribution in [3.8, 4) is 0 Å². The largest absolute Gasteiger partial charge is 0.395 e. The van der Waals surface area contributed by atoms with Gasteiger partial charge in [-0.25, -0.2) is 0 Å². The number of nitrogens with zero attached hydrogens (tertiary/aromatic N) is 2. The van der Waals surface area contributed by atoms with Crippen molar-refractivity contribution in [2.24, 2.45) is 0 Å². The number of carbonyl (C=O) groups is 1. The maximum absolute atomic E-state index is 11.6. The fourth-order valence-corrected chi connectivity index (χ4v) is 1.64. The zero-order valence-corrected chi connectivity index (χ0v) is 11.4. The van der Waals surface area contributed by atoms with Crippen LogP contribution in [-0.4, -0.2) is 47.6 Å². The molecule has 0 spiro atoms. The molecule has 0 fully saturated rings. The molecule has 0 aromatic heterocycles. The zero-order valence-electron chi connectivity index (χ0n) is 11.4. The Morgan fingerprint density at radius 2 is 2.05 bits per heavy atom. The van der Waals surface area contributed by atoms with Gasteiger partial charge in [0, 0.05) is 44.4 Å². The van der Waals surface area contributed by atoms with Gasteiger partial charge in [-0.15, -0.1) is 0 Å². The van der Waals surface area contributed by atoms with E-state index >= 15 is 0 Å². The Kier molecular flexibility index (Phi) is 6.45. The van der Waals surface area contributed by atoms with Crippen LogP contribution >= 0.6 is 0 Å². The van der Waals surface area contributed by atoms with Gasteiger partial charge in [0.2, 0.25) is 5.91 Å². The van der Waals surface area contributed by atoms with E-state index in [1.54, 1.807) is 19.2 Å². The van der Waals surface area contributed by atoms with Gasteiger partial charge in [-0.05, 0) is 18.6 Å². The van der Waals surface area contributed by atoms with Gasteiger partial charge < -0.3 is 15.3 Å². The summed E-state index contributed by atoms with van der Waals surface area (Å²) in [7, 11) is 1.66. The van der Waals surface area contributed by atoms with Gasteiger partial charge in [0.25, 0.3) is 5.69 Å². The van der Waals surface area contributed by atoms with Crippen molar-refractivity contribution < 1.29 is 14.8 Å². The molecule has 0 bridgehead atoms. The number of nitro groups is 1. The Balaban J connectivity index is 2.27. The third-order valence-electron chi connectivity index (χ3n) is 2.84. The van der Waals surface area contributed by atoms with Crippen molar-refractivity contribution >= 4 is 17.3 Å². The maximum atomic E-state index is 11.6. The van der Waals surface area contributed by atoms with Crippen molar-refractivity contribution in [3.63, 3.8) is 0 Å². The van der Waals surface area contributed by atoms with Crippen LogP contribution in [0.2, 0.25) is 0 Å². The lowest BCUT2D eigenvalue weighted by molar-refractivity contribution is -0.384. The highest BCUT2D eigenvalue weighted by molar-refractivity contribution is 5.75. The molecular weight excluding hydrogens is 262 g/mol. The first-order valence-corrected chi connectivity index (χ1v) is 6.37. The lowest BCUT2D eigenvalue weighted by Crippen LogP contribution is -2.29. The smallest absolute Gasteiger partial charge is 0.269 e. The molecule has 1 aromatic rings. The SMILES string of the molecule is CN(CCO)C(=O)CCCNc1ccc([N+](=O)[O-])cc1. The quantitative estimate of drug-likeness (QED) is 0.424. The minimum Gasteiger partial charge on any atom is -0.395 e. The van der Waals surface area contributed by atoms with E-state index in [2.05, 4.69) is 5.32 Å². The van der Waals surface area contributed by atoms with E-state index in [9.17, 15) is 14.9 Å². The van der Waals surface area contributed by atoms with Gasteiger partial charge in [-0.3, -0.25) is 14.9 Å². The van der Waals surface area contributed by atoms with Crippen molar-refractivity contribution in [1.29, 1.82) is 0 Å². The highest BCUT2D eigenvalue weighted by atomic mass is 16.6. The summed E-state index contributed by atoms with van der Waals surface area (Å²) in [5, 5.41) is 22.3. The van der Waals surface area contributed by atoms with E-state index < -0.39 is 4.92 Å². The Labute approximate surface area is 117 Å². The van der Waals surface area contributed by atoms with Crippen LogP contribution in [0.4, 0.5) is 11.4 Å². The average Bonchev–Trinajstić information content (AvgIpc) is 2.44. The monoisotopic (exact) mass is 281 g/mol. The van der Waals surface area contributed by atoms with Gasteiger partial charge in [0.05, 0.1) is 11.5 Å². The van der Waals surface area contributed by atoms with Crippen LogP contribution in [0, 0.1) is 10.1 Å². The van der Waals surface area contributed by atoms with Crippen LogP contribution in [0.15, 0.2) is 24.3 Å². The number of hydrogen-bond donors (Lipinski definition) is 2. The van der Waals surface area contributed by atoms with Crippen LogP contribution in [0.1, 0.15) is 12.8 Å². The molecule has 0 aliphatic heterocycles. The summed E-state index contributed by atoms with van der Waals surface area (Å²) in [6.45, 7) is 0.911.